The van der Waals surface area contributed by atoms with Crippen molar-refractivity contribution in [3.8, 4) is 0 Å². The van der Waals surface area contributed by atoms with Crippen molar-refractivity contribution in [2.75, 3.05) is 5.32 Å². The molecule has 0 atom stereocenters. The predicted molar refractivity (Wildman–Crippen MR) is 80.5 cm³/mol. The molecule has 0 fully saturated rings. The van der Waals surface area contributed by atoms with Crippen molar-refractivity contribution in [1.82, 2.24) is 9.97 Å². The van der Waals surface area contributed by atoms with Gasteiger partial charge in [0.1, 0.15) is 22.6 Å². The minimum absolute atomic E-state index is 0.0830. The summed E-state index contributed by atoms with van der Waals surface area (Å²) < 4.78 is 13.4. The maximum absolute atomic E-state index is 13.4. The molecule has 0 radical (unpaired) electrons. The van der Waals surface area contributed by atoms with Gasteiger partial charge in [0.25, 0.3) is 0 Å². The van der Waals surface area contributed by atoms with Crippen molar-refractivity contribution < 1.29 is 4.39 Å². The van der Waals surface area contributed by atoms with Gasteiger partial charge in [0.05, 0.1) is 5.02 Å². The molecule has 1 aromatic carbocycles. The number of aryl methyl sites for hydroxylation is 1. The molecule has 0 aliphatic carbocycles. The Balaban J connectivity index is 2.34. The van der Waals surface area contributed by atoms with Crippen molar-refractivity contribution in [3.05, 3.63) is 45.6 Å². The minimum Gasteiger partial charge on any atom is -0.340 e. The molecule has 0 bridgehead atoms. The van der Waals surface area contributed by atoms with E-state index >= 15 is 0 Å². The Morgan fingerprint density at radius 3 is 2.65 bits per heavy atom. The van der Waals surface area contributed by atoms with Crippen molar-refractivity contribution in [3.63, 3.8) is 0 Å². The monoisotopic (exact) mass is 313 g/mol. The molecule has 1 N–H and O–H groups in total. The Morgan fingerprint density at radius 1 is 1.25 bits per heavy atom. The first-order valence-electron chi connectivity index (χ1n) is 6.26. The highest BCUT2D eigenvalue weighted by molar-refractivity contribution is 6.31. The van der Waals surface area contributed by atoms with Crippen LogP contribution in [0.4, 0.5) is 15.9 Å². The lowest BCUT2D eigenvalue weighted by Crippen LogP contribution is -2.04. The molecular formula is C14H14Cl2FN3. The summed E-state index contributed by atoms with van der Waals surface area (Å²) in [4.78, 5) is 8.62. The summed E-state index contributed by atoms with van der Waals surface area (Å²) >= 11 is 11.7. The van der Waals surface area contributed by atoms with Gasteiger partial charge in [-0.1, -0.05) is 30.1 Å². The molecule has 2 rings (SSSR count). The predicted octanol–water partition coefficient (Wildman–Crippen LogP) is 4.93. The van der Waals surface area contributed by atoms with Gasteiger partial charge >= 0.3 is 0 Å². The van der Waals surface area contributed by atoms with E-state index in [4.69, 9.17) is 23.2 Å². The number of benzene rings is 1. The van der Waals surface area contributed by atoms with Crippen LogP contribution in [-0.2, 0) is 6.42 Å². The second-order valence-corrected chi connectivity index (χ2v) is 5.17. The highest BCUT2D eigenvalue weighted by Crippen LogP contribution is 2.26. The molecule has 0 spiro atoms. The molecule has 106 valence electrons. The zero-order valence-corrected chi connectivity index (χ0v) is 12.7. The molecule has 0 aliphatic rings. The lowest BCUT2D eigenvalue weighted by atomic mass is 10.2. The van der Waals surface area contributed by atoms with Crippen LogP contribution >= 0.6 is 23.2 Å². The van der Waals surface area contributed by atoms with E-state index < -0.39 is 5.82 Å². The van der Waals surface area contributed by atoms with Crippen LogP contribution in [0.15, 0.2) is 18.2 Å². The standard InChI is InChI=1S/C14H14Cl2FN3/c1-3-4-12-19-13(16)8(2)14(20-12)18-9-5-6-10(15)11(17)7-9/h5-7H,3-4H2,1-2H3,(H,18,19,20). The molecule has 0 amide bonds. The first kappa shape index (κ1) is 15.0. The van der Waals surface area contributed by atoms with Crippen LogP contribution in [-0.4, -0.2) is 9.97 Å². The van der Waals surface area contributed by atoms with Gasteiger partial charge in [-0.25, -0.2) is 14.4 Å². The number of hydrogen-bond donors (Lipinski definition) is 1. The Bertz CT molecular complexity index is 632. The molecule has 0 saturated heterocycles. The molecule has 20 heavy (non-hydrogen) atoms. The summed E-state index contributed by atoms with van der Waals surface area (Å²) in [6.45, 7) is 3.85. The van der Waals surface area contributed by atoms with Gasteiger partial charge in [0, 0.05) is 17.7 Å². The van der Waals surface area contributed by atoms with E-state index in [-0.39, 0.29) is 5.02 Å². The SMILES string of the molecule is CCCc1nc(Cl)c(C)c(Nc2ccc(Cl)c(F)c2)n1. The summed E-state index contributed by atoms with van der Waals surface area (Å²) in [6, 6.07) is 4.49. The number of anilines is 2. The largest absolute Gasteiger partial charge is 0.340 e. The van der Waals surface area contributed by atoms with Crippen molar-refractivity contribution in [1.29, 1.82) is 0 Å². The maximum atomic E-state index is 13.4. The van der Waals surface area contributed by atoms with Crippen LogP contribution < -0.4 is 5.32 Å². The highest BCUT2D eigenvalue weighted by atomic mass is 35.5. The molecule has 0 unspecified atom stereocenters. The number of nitrogens with zero attached hydrogens (tertiary/aromatic N) is 2. The fourth-order valence-corrected chi connectivity index (χ4v) is 2.01. The van der Waals surface area contributed by atoms with Crippen LogP contribution in [0.3, 0.4) is 0 Å². The van der Waals surface area contributed by atoms with Gasteiger partial charge in [-0.3, -0.25) is 0 Å². The Labute approximate surface area is 127 Å². The van der Waals surface area contributed by atoms with E-state index in [1.54, 1.807) is 6.07 Å². The summed E-state index contributed by atoms with van der Waals surface area (Å²) in [5, 5.41) is 3.53. The van der Waals surface area contributed by atoms with E-state index in [9.17, 15) is 4.39 Å². The quantitative estimate of drug-likeness (QED) is 0.813. The molecule has 0 saturated carbocycles. The smallest absolute Gasteiger partial charge is 0.143 e. The van der Waals surface area contributed by atoms with E-state index in [0.29, 0.717) is 22.5 Å². The van der Waals surface area contributed by atoms with Crippen LogP contribution in [0.25, 0.3) is 0 Å². The lowest BCUT2D eigenvalue weighted by Gasteiger charge is -2.11. The van der Waals surface area contributed by atoms with Gasteiger partial charge in [0.15, 0.2) is 0 Å². The van der Waals surface area contributed by atoms with Gasteiger partial charge < -0.3 is 5.32 Å². The molecule has 0 aliphatic heterocycles. The van der Waals surface area contributed by atoms with E-state index in [2.05, 4.69) is 15.3 Å². The molecule has 3 nitrogen and oxygen atoms in total. The van der Waals surface area contributed by atoms with Crippen molar-refractivity contribution in [2.24, 2.45) is 0 Å². The van der Waals surface area contributed by atoms with Crippen molar-refractivity contribution in [2.45, 2.75) is 26.7 Å². The van der Waals surface area contributed by atoms with E-state index in [1.165, 1.54) is 12.1 Å². The summed E-state index contributed by atoms with van der Waals surface area (Å²) in [5.74, 6) is 0.762. The van der Waals surface area contributed by atoms with Crippen LogP contribution in [0, 0.1) is 12.7 Å². The molecule has 6 heteroatoms. The zero-order chi connectivity index (χ0) is 14.7. The Kier molecular flexibility index (Phi) is 4.78. The summed E-state index contributed by atoms with van der Waals surface area (Å²) in [5.41, 5.74) is 1.29. The number of aromatic nitrogens is 2. The van der Waals surface area contributed by atoms with Crippen LogP contribution in [0.5, 0.6) is 0 Å². The van der Waals surface area contributed by atoms with Gasteiger partial charge in [0.2, 0.25) is 0 Å². The second kappa shape index (κ2) is 6.37. The number of halogens is 3. The molecule has 2 aromatic rings. The van der Waals surface area contributed by atoms with Gasteiger partial charge in [-0.05, 0) is 31.5 Å². The van der Waals surface area contributed by atoms with Crippen LogP contribution in [0.2, 0.25) is 10.2 Å². The maximum Gasteiger partial charge on any atom is 0.143 e. The number of rotatable bonds is 4. The first-order chi connectivity index (χ1) is 9.51. The fraction of sp³-hybridized carbons (Fsp3) is 0.286. The zero-order valence-electron chi connectivity index (χ0n) is 11.2. The van der Waals surface area contributed by atoms with Crippen molar-refractivity contribution >= 4 is 34.7 Å². The lowest BCUT2D eigenvalue weighted by molar-refractivity contribution is 0.629. The Morgan fingerprint density at radius 2 is 2.00 bits per heavy atom. The van der Waals surface area contributed by atoms with E-state index in [1.807, 2.05) is 13.8 Å². The highest BCUT2D eigenvalue weighted by Gasteiger charge is 2.10. The Hall–Kier alpha value is -1.39. The second-order valence-electron chi connectivity index (χ2n) is 4.41. The van der Waals surface area contributed by atoms with E-state index in [0.717, 1.165) is 18.4 Å². The average Bonchev–Trinajstić information content (AvgIpc) is 2.40. The average molecular weight is 314 g/mol. The number of nitrogens with one attached hydrogen (secondary N) is 1. The summed E-state index contributed by atoms with van der Waals surface area (Å²) in [7, 11) is 0. The summed E-state index contributed by atoms with van der Waals surface area (Å²) in [6.07, 6.45) is 1.66. The third-order valence-electron chi connectivity index (χ3n) is 2.79. The fourth-order valence-electron chi connectivity index (χ4n) is 1.70. The topological polar surface area (TPSA) is 37.8 Å². The molecule has 1 aromatic heterocycles. The van der Waals surface area contributed by atoms with Crippen LogP contribution in [0.1, 0.15) is 24.7 Å². The van der Waals surface area contributed by atoms with Gasteiger partial charge in [-0.15, -0.1) is 0 Å². The first-order valence-corrected chi connectivity index (χ1v) is 7.02. The third kappa shape index (κ3) is 3.38. The third-order valence-corrected chi connectivity index (χ3v) is 3.46. The minimum atomic E-state index is -0.483. The normalized spacial score (nSPS) is 10.7. The van der Waals surface area contributed by atoms with Gasteiger partial charge in [-0.2, -0.15) is 0 Å². The number of hydrogen-bond acceptors (Lipinski definition) is 3. The molecule has 1 heterocycles. The molecular weight excluding hydrogens is 300 g/mol.